The minimum atomic E-state index is -0.240. The Bertz CT molecular complexity index is 861. The van der Waals surface area contributed by atoms with Crippen LogP contribution in [0.3, 0.4) is 0 Å². The first-order chi connectivity index (χ1) is 12.9. The quantitative estimate of drug-likeness (QED) is 0.254. The van der Waals surface area contributed by atoms with Crippen molar-refractivity contribution in [3.05, 3.63) is 59.2 Å². The fourth-order valence-corrected chi connectivity index (χ4v) is 3.64. The van der Waals surface area contributed by atoms with E-state index in [9.17, 15) is 4.79 Å². The molecule has 1 aliphatic heterocycles. The van der Waals surface area contributed by atoms with Gasteiger partial charge >= 0.3 is 5.97 Å². The molecule has 3 rings (SSSR count). The Balaban J connectivity index is 1.78. The fourth-order valence-electron chi connectivity index (χ4n) is 3.25. The van der Waals surface area contributed by atoms with Crippen LogP contribution in [0.25, 0.3) is 0 Å². The van der Waals surface area contributed by atoms with Crippen molar-refractivity contribution in [2.24, 2.45) is 0 Å². The van der Waals surface area contributed by atoms with Gasteiger partial charge in [0, 0.05) is 22.1 Å². The van der Waals surface area contributed by atoms with Gasteiger partial charge in [-0.2, -0.15) is 4.58 Å². The van der Waals surface area contributed by atoms with E-state index in [4.69, 9.17) is 9.99 Å². The molecule has 1 heterocycles. The standard InChI is InChI=1S/C20H21NO5S/c1-20(2)13-21(18-9-8-16(11-17(18)20)27-26-25-23)12-15-6-4-14(5-7-15)10-19(22)24-3/h4-9,11,13H,10,12H2,1-3H3/p+1. The number of hydrogen-bond acceptors (Lipinski definition) is 6. The van der Waals surface area contributed by atoms with E-state index in [0.717, 1.165) is 40.3 Å². The maximum atomic E-state index is 11.4. The molecule has 2 aromatic carbocycles. The number of rotatable bonds is 7. The van der Waals surface area contributed by atoms with Crippen LogP contribution in [0.5, 0.6) is 0 Å². The predicted molar refractivity (Wildman–Crippen MR) is 102 cm³/mol. The van der Waals surface area contributed by atoms with Crippen LogP contribution < -0.4 is 0 Å². The van der Waals surface area contributed by atoms with Crippen molar-refractivity contribution in [2.45, 2.75) is 37.1 Å². The van der Waals surface area contributed by atoms with E-state index in [0.29, 0.717) is 0 Å². The molecule has 0 atom stereocenters. The Morgan fingerprint density at radius 1 is 1.15 bits per heavy atom. The summed E-state index contributed by atoms with van der Waals surface area (Å²) in [7, 11) is 1.39. The van der Waals surface area contributed by atoms with Crippen molar-refractivity contribution < 1.29 is 28.7 Å². The largest absolute Gasteiger partial charge is 0.469 e. The molecule has 6 nitrogen and oxygen atoms in total. The van der Waals surface area contributed by atoms with Crippen LogP contribution in [0.1, 0.15) is 30.5 Å². The number of esters is 1. The zero-order chi connectivity index (χ0) is 19.4. The number of carbonyl (C=O) groups excluding carboxylic acids is 1. The Labute approximate surface area is 162 Å². The molecule has 1 aliphatic rings. The highest BCUT2D eigenvalue weighted by Gasteiger charge is 2.37. The van der Waals surface area contributed by atoms with E-state index in [1.807, 2.05) is 42.5 Å². The van der Waals surface area contributed by atoms with E-state index in [-0.39, 0.29) is 17.8 Å². The lowest BCUT2D eigenvalue weighted by molar-refractivity contribution is -0.450. The van der Waals surface area contributed by atoms with Gasteiger partial charge in [0.15, 0.2) is 12.8 Å². The Kier molecular flexibility index (Phi) is 5.96. The molecule has 0 spiro atoms. The minimum absolute atomic E-state index is 0.128. The molecule has 0 saturated heterocycles. The fraction of sp³-hybridized carbons (Fsp3) is 0.300. The number of hydrogen-bond donors (Lipinski definition) is 1. The molecule has 0 fully saturated rings. The van der Waals surface area contributed by atoms with Gasteiger partial charge in [-0.1, -0.05) is 29.3 Å². The lowest BCUT2D eigenvalue weighted by Gasteiger charge is -2.11. The van der Waals surface area contributed by atoms with Crippen molar-refractivity contribution >= 4 is 29.9 Å². The van der Waals surface area contributed by atoms with Crippen molar-refractivity contribution in [3.63, 3.8) is 0 Å². The molecule has 0 amide bonds. The first kappa shape index (κ1) is 19.6. The summed E-state index contributed by atoms with van der Waals surface area (Å²) < 4.78 is 11.5. The highest BCUT2D eigenvalue weighted by molar-refractivity contribution is 7.94. The number of fused-ring (bicyclic) bond motifs is 1. The summed E-state index contributed by atoms with van der Waals surface area (Å²) in [5, 5.41) is 12.0. The number of nitrogens with zero attached hydrogens (tertiary/aromatic N) is 1. The summed E-state index contributed by atoms with van der Waals surface area (Å²) in [6.45, 7) is 5.05. The van der Waals surface area contributed by atoms with Crippen LogP contribution in [0, 0.1) is 0 Å². The van der Waals surface area contributed by atoms with Crippen molar-refractivity contribution in [1.82, 2.24) is 0 Å². The second-order valence-electron chi connectivity index (χ2n) is 6.95. The van der Waals surface area contributed by atoms with E-state index < -0.39 is 0 Å². The lowest BCUT2D eigenvalue weighted by atomic mass is 9.87. The van der Waals surface area contributed by atoms with Gasteiger partial charge in [0.05, 0.1) is 31.0 Å². The molecule has 27 heavy (non-hydrogen) atoms. The number of methoxy groups -OCH3 is 1. The van der Waals surface area contributed by atoms with Crippen LogP contribution >= 0.6 is 12.0 Å². The predicted octanol–water partition coefficient (Wildman–Crippen LogP) is 4.04. The Hall–Kier alpha value is -2.19. The first-order valence-corrected chi connectivity index (χ1v) is 9.23. The summed E-state index contributed by atoms with van der Waals surface area (Å²) in [4.78, 5) is 12.2. The molecule has 0 bridgehead atoms. The van der Waals surface area contributed by atoms with E-state index in [2.05, 4.69) is 34.0 Å². The zero-order valence-electron chi connectivity index (χ0n) is 15.5. The number of benzene rings is 2. The van der Waals surface area contributed by atoms with Gasteiger partial charge in [0.25, 0.3) is 0 Å². The second-order valence-corrected chi connectivity index (χ2v) is 7.73. The molecule has 2 aromatic rings. The van der Waals surface area contributed by atoms with Crippen LogP contribution in [0.4, 0.5) is 5.69 Å². The van der Waals surface area contributed by atoms with Crippen molar-refractivity contribution in [2.75, 3.05) is 7.11 Å². The third-order valence-corrected chi connectivity index (χ3v) is 5.14. The highest BCUT2D eigenvalue weighted by atomic mass is 32.2. The Morgan fingerprint density at radius 3 is 2.52 bits per heavy atom. The van der Waals surface area contributed by atoms with Crippen LogP contribution in [-0.2, 0) is 37.3 Å². The molecular weight excluding hydrogens is 366 g/mol. The Morgan fingerprint density at radius 2 is 1.85 bits per heavy atom. The van der Waals surface area contributed by atoms with Crippen molar-refractivity contribution in [1.29, 1.82) is 0 Å². The summed E-state index contributed by atoms with van der Waals surface area (Å²) in [6.07, 6.45) is 2.49. The molecule has 0 unspecified atom stereocenters. The van der Waals surface area contributed by atoms with Crippen LogP contribution in [0.15, 0.2) is 47.4 Å². The monoisotopic (exact) mass is 388 g/mol. The third-order valence-electron chi connectivity index (χ3n) is 4.56. The molecule has 0 aromatic heterocycles. The van der Waals surface area contributed by atoms with Gasteiger partial charge in [0.2, 0.25) is 5.69 Å². The second kappa shape index (κ2) is 8.22. The van der Waals surface area contributed by atoms with Gasteiger partial charge in [0.1, 0.15) is 0 Å². The topological polar surface area (TPSA) is 68.0 Å². The minimum Gasteiger partial charge on any atom is -0.469 e. The van der Waals surface area contributed by atoms with Gasteiger partial charge in [-0.25, -0.2) is 5.26 Å². The first-order valence-electron chi connectivity index (χ1n) is 8.49. The average molecular weight is 388 g/mol. The zero-order valence-corrected chi connectivity index (χ0v) is 16.3. The smallest absolute Gasteiger partial charge is 0.309 e. The lowest BCUT2D eigenvalue weighted by Crippen LogP contribution is -2.16. The molecule has 0 saturated carbocycles. The van der Waals surface area contributed by atoms with Gasteiger partial charge in [-0.05, 0) is 31.5 Å². The van der Waals surface area contributed by atoms with Crippen LogP contribution in [0.2, 0.25) is 0 Å². The molecule has 142 valence electrons. The highest BCUT2D eigenvalue weighted by Crippen LogP contribution is 2.39. The molecule has 0 radical (unpaired) electrons. The van der Waals surface area contributed by atoms with Gasteiger partial charge in [-0.15, -0.1) is 4.33 Å². The average Bonchev–Trinajstić information content (AvgIpc) is 2.91. The normalized spacial score (nSPS) is 14.6. The third kappa shape index (κ3) is 4.56. The molecule has 1 N–H and O–H groups in total. The maximum Gasteiger partial charge on any atom is 0.309 e. The van der Waals surface area contributed by atoms with E-state index >= 15 is 0 Å². The van der Waals surface area contributed by atoms with Crippen LogP contribution in [-0.4, -0.2) is 29.1 Å². The molecule has 0 aliphatic carbocycles. The maximum absolute atomic E-state index is 11.4. The number of carbonyl (C=O) groups is 1. The molecule has 7 heteroatoms. The van der Waals surface area contributed by atoms with E-state index in [1.165, 1.54) is 12.7 Å². The SMILES string of the molecule is COC(=O)Cc1ccc(C[N+]2=CC(C)(C)c3cc(SOOO)ccc32)cc1. The summed E-state index contributed by atoms with van der Waals surface area (Å²) in [5.41, 5.74) is 4.27. The summed E-state index contributed by atoms with van der Waals surface area (Å²) in [6, 6.07) is 14.0. The number of ether oxygens (including phenoxy) is 1. The molecular formula is C20H22NO5S+. The van der Waals surface area contributed by atoms with Gasteiger partial charge < -0.3 is 4.74 Å². The summed E-state index contributed by atoms with van der Waals surface area (Å²) in [5.74, 6) is -0.240. The van der Waals surface area contributed by atoms with Gasteiger partial charge in [-0.3, -0.25) is 4.79 Å². The summed E-state index contributed by atoms with van der Waals surface area (Å²) >= 11 is 0.958. The van der Waals surface area contributed by atoms with E-state index in [1.54, 1.807) is 0 Å². The van der Waals surface area contributed by atoms with Crippen molar-refractivity contribution in [3.8, 4) is 0 Å².